The Balaban J connectivity index is 1.85. The normalized spacial score (nSPS) is 12.6. The van der Waals surface area contributed by atoms with E-state index in [1.54, 1.807) is 80.2 Å². The molecular formula is C23H24N2O5S. The average Bonchev–Trinajstić information content (AvgIpc) is 2.74. The van der Waals surface area contributed by atoms with Gasteiger partial charge in [0.1, 0.15) is 29.0 Å². The zero-order valence-electron chi connectivity index (χ0n) is 17.5. The molecule has 1 unspecified atom stereocenters. The van der Waals surface area contributed by atoms with Crippen molar-refractivity contribution >= 4 is 22.4 Å². The van der Waals surface area contributed by atoms with Crippen molar-refractivity contribution in [3.05, 3.63) is 72.6 Å². The number of nitrogens with zero attached hydrogens (tertiary/aromatic N) is 1. The molecule has 8 heteroatoms. The van der Waals surface area contributed by atoms with E-state index in [1.165, 1.54) is 0 Å². The SMILES string of the molecule is COC[C@H](C)Oc1cc(NC(=O)c2ccccn2)cc(Oc2ccc(S(C)=O)cc2)c1. The van der Waals surface area contributed by atoms with E-state index in [9.17, 15) is 9.00 Å². The third-order valence-electron chi connectivity index (χ3n) is 4.17. The number of nitrogens with one attached hydrogen (secondary N) is 1. The Labute approximate surface area is 183 Å². The van der Waals surface area contributed by atoms with Crippen molar-refractivity contribution in [2.45, 2.75) is 17.9 Å². The Morgan fingerprint density at radius 3 is 2.45 bits per heavy atom. The molecule has 162 valence electrons. The summed E-state index contributed by atoms with van der Waals surface area (Å²) in [7, 11) is 0.536. The van der Waals surface area contributed by atoms with Gasteiger partial charge in [0.05, 0.1) is 6.61 Å². The molecule has 0 saturated carbocycles. The molecular weight excluding hydrogens is 416 g/mol. The standard InChI is InChI=1S/C23H24N2O5S/c1-16(15-28-2)29-19-12-17(25-23(26)22-6-4-5-11-24-22)13-20(14-19)30-18-7-9-21(10-8-18)31(3)27/h4-14,16H,15H2,1-3H3,(H,25,26)/t16-,31?/m0/s1. The van der Waals surface area contributed by atoms with Gasteiger partial charge in [-0.3, -0.25) is 14.0 Å². The highest BCUT2D eigenvalue weighted by Gasteiger charge is 2.12. The maximum atomic E-state index is 12.5. The van der Waals surface area contributed by atoms with Crippen LogP contribution >= 0.6 is 0 Å². The van der Waals surface area contributed by atoms with Crippen molar-refractivity contribution in [3.63, 3.8) is 0 Å². The maximum Gasteiger partial charge on any atom is 0.274 e. The lowest BCUT2D eigenvalue weighted by Gasteiger charge is -2.16. The maximum absolute atomic E-state index is 12.5. The van der Waals surface area contributed by atoms with Gasteiger partial charge in [0, 0.05) is 59.1 Å². The fraction of sp³-hybridized carbons (Fsp3) is 0.217. The number of anilines is 1. The fourth-order valence-electron chi connectivity index (χ4n) is 2.80. The molecule has 1 amide bonds. The first-order valence-corrected chi connectivity index (χ1v) is 11.1. The highest BCUT2D eigenvalue weighted by molar-refractivity contribution is 7.84. The van der Waals surface area contributed by atoms with Crippen LogP contribution in [0.3, 0.4) is 0 Å². The number of hydrogen-bond acceptors (Lipinski definition) is 6. The summed E-state index contributed by atoms with van der Waals surface area (Å²) in [5.41, 5.74) is 0.797. The van der Waals surface area contributed by atoms with E-state index in [0.29, 0.717) is 40.1 Å². The molecule has 31 heavy (non-hydrogen) atoms. The predicted molar refractivity (Wildman–Crippen MR) is 119 cm³/mol. The zero-order chi connectivity index (χ0) is 22.2. The van der Waals surface area contributed by atoms with Gasteiger partial charge in [0.2, 0.25) is 0 Å². The largest absolute Gasteiger partial charge is 0.488 e. The minimum atomic E-state index is -1.07. The first-order chi connectivity index (χ1) is 14.9. The van der Waals surface area contributed by atoms with Gasteiger partial charge < -0.3 is 19.5 Å². The Morgan fingerprint density at radius 2 is 1.81 bits per heavy atom. The van der Waals surface area contributed by atoms with E-state index in [0.717, 1.165) is 0 Å². The number of carbonyl (C=O) groups excluding carboxylic acids is 1. The summed E-state index contributed by atoms with van der Waals surface area (Å²) in [5.74, 6) is 1.22. The number of amides is 1. The first kappa shape index (κ1) is 22.5. The summed E-state index contributed by atoms with van der Waals surface area (Å²) in [4.78, 5) is 17.3. The van der Waals surface area contributed by atoms with E-state index in [1.807, 2.05) is 6.92 Å². The van der Waals surface area contributed by atoms with Crippen molar-refractivity contribution in [1.29, 1.82) is 0 Å². The summed E-state index contributed by atoms with van der Waals surface area (Å²) >= 11 is 0. The molecule has 3 rings (SSSR count). The highest BCUT2D eigenvalue weighted by Crippen LogP contribution is 2.31. The van der Waals surface area contributed by atoms with Crippen LogP contribution in [0.5, 0.6) is 17.2 Å². The van der Waals surface area contributed by atoms with Crippen molar-refractivity contribution in [2.24, 2.45) is 0 Å². The quantitative estimate of drug-likeness (QED) is 0.535. The van der Waals surface area contributed by atoms with Crippen LogP contribution < -0.4 is 14.8 Å². The van der Waals surface area contributed by atoms with Gasteiger partial charge in [-0.15, -0.1) is 0 Å². The van der Waals surface area contributed by atoms with Gasteiger partial charge in [-0.25, -0.2) is 0 Å². The third-order valence-corrected chi connectivity index (χ3v) is 5.10. The van der Waals surface area contributed by atoms with Gasteiger partial charge >= 0.3 is 0 Å². The van der Waals surface area contributed by atoms with Crippen LogP contribution in [0.1, 0.15) is 17.4 Å². The molecule has 3 aromatic rings. The summed E-state index contributed by atoms with van der Waals surface area (Å²) < 4.78 is 28.5. The van der Waals surface area contributed by atoms with Crippen LogP contribution in [0, 0.1) is 0 Å². The van der Waals surface area contributed by atoms with Crippen LogP contribution in [0.25, 0.3) is 0 Å². The lowest BCUT2D eigenvalue weighted by atomic mass is 10.2. The van der Waals surface area contributed by atoms with E-state index in [-0.39, 0.29) is 12.0 Å². The van der Waals surface area contributed by atoms with E-state index >= 15 is 0 Å². The van der Waals surface area contributed by atoms with Crippen LogP contribution in [0.15, 0.2) is 71.8 Å². The van der Waals surface area contributed by atoms with Crippen LogP contribution in [-0.2, 0) is 15.5 Å². The second-order valence-corrected chi connectivity index (χ2v) is 8.15. The topological polar surface area (TPSA) is 86.8 Å². The molecule has 0 spiro atoms. The molecule has 7 nitrogen and oxygen atoms in total. The van der Waals surface area contributed by atoms with Gasteiger partial charge in [-0.1, -0.05) is 6.07 Å². The number of rotatable bonds is 9. The lowest BCUT2D eigenvalue weighted by molar-refractivity contribution is 0.0920. The molecule has 0 bridgehead atoms. The smallest absolute Gasteiger partial charge is 0.274 e. The predicted octanol–water partition coefficient (Wildman–Crippen LogP) is 4.28. The van der Waals surface area contributed by atoms with E-state index in [2.05, 4.69) is 10.3 Å². The molecule has 0 radical (unpaired) electrons. The second kappa shape index (κ2) is 10.7. The minimum Gasteiger partial charge on any atom is -0.488 e. The molecule has 2 atom stereocenters. The highest BCUT2D eigenvalue weighted by atomic mass is 32.2. The first-order valence-electron chi connectivity index (χ1n) is 9.59. The van der Waals surface area contributed by atoms with Crippen LogP contribution in [-0.4, -0.2) is 41.2 Å². The van der Waals surface area contributed by atoms with Crippen LogP contribution in [0.4, 0.5) is 5.69 Å². The Morgan fingerprint density at radius 1 is 1.06 bits per heavy atom. The molecule has 0 fully saturated rings. The Bertz CT molecular complexity index is 1040. The number of carbonyl (C=O) groups is 1. The van der Waals surface area contributed by atoms with Crippen LogP contribution in [0.2, 0.25) is 0 Å². The molecule has 0 aliphatic carbocycles. The number of hydrogen-bond donors (Lipinski definition) is 1. The lowest BCUT2D eigenvalue weighted by Crippen LogP contribution is -2.18. The molecule has 0 aliphatic rings. The zero-order valence-corrected chi connectivity index (χ0v) is 18.3. The van der Waals surface area contributed by atoms with E-state index < -0.39 is 10.8 Å². The number of ether oxygens (including phenoxy) is 3. The molecule has 2 aromatic carbocycles. The van der Waals surface area contributed by atoms with Gasteiger partial charge in [-0.05, 0) is 43.3 Å². The summed E-state index contributed by atoms with van der Waals surface area (Å²) in [6.07, 6.45) is 2.98. The third kappa shape index (κ3) is 6.63. The number of methoxy groups -OCH3 is 1. The molecule has 1 N–H and O–H groups in total. The summed E-state index contributed by atoms with van der Waals surface area (Å²) in [6.45, 7) is 2.29. The molecule has 1 aromatic heterocycles. The Hall–Kier alpha value is -3.23. The summed E-state index contributed by atoms with van der Waals surface area (Å²) in [6, 6.07) is 17.2. The minimum absolute atomic E-state index is 0.196. The van der Waals surface area contributed by atoms with Crippen molar-refractivity contribution in [1.82, 2.24) is 4.98 Å². The Kier molecular flexibility index (Phi) is 7.75. The van der Waals surface area contributed by atoms with Crippen molar-refractivity contribution in [3.8, 4) is 17.2 Å². The van der Waals surface area contributed by atoms with E-state index in [4.69, 9.17) is 14.2 Å². The van der Waals surface area contributed by atoms with Crippen molar-refractivity contribution in [2.75, 3.05) is 25.3 Å². The monoisotopic (exact) mass is 440 g/mol. The fourth-order valence-corrected chi connectivity index (χ4v) is 3.32. The molecule has 0 saturated heterocycles. The van der Waals surface area contributed by atoms with Gasteiger partial charge in [-0.2, -0.15) is 0 Å². The van der Waals surface area contributed by atoms with Gasteiger partial charge in [0.25, 0.3) is 5.91 Å². The number of pyridine rings is 1. The molecule has 1 heterocycles. The number of benzene rings is 2. The second-order valence-electron chi connectivity index (χ2n) is 6.77. The van der Waals surface area contributed by atoms with Crippen molar-refractivity contribution < 1.29 is 23.2 Å². The molecule has 0 aliphatic heterocycles. The number of aromatic nitrogens is 1. The van der Waals surface area contributed by atoms with Gasteiger partial charge in [0.15, 0.2) is 0 Å². The average molecular weight is 441 g/mol. The summed E-state index contributed by atoms with van der Waals surface area (Å²) in [5, 5.41) is 2.82.